The molecule has 0 unspecified atom stereocenters. The van der Waals surface area contributed by atoms with E-state index in [1.165, 1.54) is 16.7 Å². The molecule has 1 aromatic rings. The average Bonchev–Trinajstić information content (AvgIpc) is 2.35. The molecule has 0 aliphatic carbocycles. The molecule has 0 N–H and O–H groups in total. The predicted molar refractivity (Wildman–Crippen MR) is 83.3 cm³/mol. The van der Waals surface area contributed by atoms with Crippen LogP contribution in [0, 0.1) is 6.92 Å². The van der Waals surface area contributed by atoms with Gasteiger partial charge in [0.1, 0.15) is 5.75 Å². The van der Waals surface area contributed by atoms with Crippen LogP contribution in [0.4, 0.5) is 0 Å². The molecular weight excluding hydrogens is 234 g/mol. The van der Waals surface area contributed by atoms with Gasteiger partial charge >= 0.3 is 0 Å². The van der Waals surface area contributed by atoms with E-state index in [2.05, 4.69) is 58.7 Å². The number of benzene rings is 1. The molecule has 0 saturated heterocycles. The first kappa shape index (κ1) is 16.0. The maximum absolute atomic E-state index is 5.50. The molecule has 0 bridgehead atoms. The summed E-state index contributed by atoms with van der Waals surface area (Å²) >= 11 is 0. The fourth-order valence-corrected chi connectivity index (χ4v) is 2.20. The van der Waals surface area contributed by atoms with Crippen molar-refractivity contribution in [2.75, 3.05) is 20.7 Å². The molecular formula is C17H29NO. The largest absolute Gasteiger partial charge is 0.496 e. The zero-order valence-corrected chi connectivity index (χ0v) is 13.6. The van der Waals surface area contributed by atoms with Gasteiger partial charge in [-0.25, -0.2) is 0 Å². The summed E-state index contributed by atoms with van der Waals surface area (Å²) < 4.78 is 5.50. The van der Waals surface area contributed by atoms with Crippen molar-refractivity contribution in [2.24, 2.45) is 0 Å². The lowest BCUT2D eigenvalue weighted by Crippen LogP contribution is -2.28. The Hall–Kier alpha value is -1.02. The van der Waals surface area contributed by atoms with Gasteiger partial charge in [0.05, 0.1) is 7.11 Å². The summed E-state index contributed by atoms with van der Waals surface area (Å²) in [6.07, 6.45) is 1.10. The summed E-state index contributed by atoms with van der Waals surface area (Å²) in [6.45, 7) is 12.2. The van der Waals surface area contributed by atoms with Gasteiger partial charge in [-0.3, -0.25) is 0 Å². The Morgan fingerprint density at radius 1 is 1.16 bits per heavy atom. The average molecular weight is 263 g/mol. The van der Waals surface area contributed by atoms with Gasteiger partial charge in [-0.05, 0) is 62.9 Å². The molecule has 2 nitrogen and oxygen atoms in total. The Bertz CT molecular complexity index is 410. The number of rotatable bonds is 6. The van der Waals surface area contributed by atoms with Crippen LogP contribution < -0.4 is 4.74 Å². The molecule has 19 heavy (non-hydrogen) atoms. The van der Waals surface area contributed by atoms with Crippen molar-refractivity contribution < 1.29 is 4.74 Å². The van der Waals surface area contributed by atoms with Gasteiger partial charge in [-0.1, -0.05) is 19.9 Å². The van der Waals surface area contributed by atoms with E-state index >= 15 is 0 Å². The van der Waals surface area contributed by atoms with E-state index in [9.17, 15) is 0 Å². The minimum Gasteiger partial charge on any atom is -0.496 e. The van der Waals surface area contributed by atoms with E-state index in [0.29, 0.717) is 12.0 Å². The first-order chi connectivity index (χ1) is 8.86. The highest BCUT2D eigenvalue weighted by molar-refractivity contribution is 5.44. The maximum Gasteiger partial charge on any atom is 0.122 e. The van der Waals surface area contributed by atoms with E-state index in [0.717, 1.165) is 18.7 Å². The number of methoxy groups -OCH3 is 1. The van der Waals surface area contributed by atoms with Crippen LogP contribution in [0.3, 0.4) is 0 Å². The fraction of sp³-hybridized carbons (Fsp3) is 0.647. The second kappa shape index (κ2) is 6.95. The molecule has 2 heteroatoms. The molecule has 1 aromatic carbocycles. The number of hydrogen-bond acceptors (Lipinski definition) is 2. The van der Waals surface area contributed by atoms with Crippen molar-refractivity contribution >= 4 is 0 Å². The topological polar surface area (TPSA) is 12.5 Å². The molecule has 0 saturated carbocycles. The zero-order chi connectivity index (χ0) is 14.6. The summed E-state index contributed by atoms with van der Waals surface area (Å²) in [6, 6.07) is 5.11. The molecule has 0 aromatic heterocycles. The number of hydrogen-bond donors (Lipinski definition) is 0. The molecule has 108 valence electrons. The molecule has 0 aliphatic rings. The molecule has 0 aliphatic heterocycles. The minimum atomic E-state index is 0.497. The first-order valence-corrected chi connectivity index (χ1v) is 7.24. The monoisotopic (exact) mass is 263 g/mol. The third-order valence-corrected chi connectivity index (χ3v) is 3.93. The summed E-state index contributed by atoms with van der Waals surface area (Å²) in [5.74, 6) is 1.52. The molecule has 0 heterocycles. The van der Waals surface area contributed by atoms with Gasteiger partial charge in [0.25, 0.3) is 0 Å². The summed E-state index contributed by atoms with van der Waals surface area (Å²) in [5.41, 5.74) is 4.09. The van der Waals surface area contributed by atoms with Gasteiger partial charge in [0, 0.05) is 12.6 Å². The first-order valence-electron chi connectivity index (χ1n) is 7.24. The third kappa shape index (κ3) is 4.24. The van der Waals surface area contributed by atoms with E-state index < -0.39 is 0 Å². The van der Waals surface area contributed by atoms with Gasteiger partial charge in [-0.2, -0.15) is 0 Å². The van der Waals surface area contributed by atoms with Crippen LogP contribution in [-0.4, -0.2) is 31.6 Å². The fourth-order valence-electron chi connectivity index (χ4n) is 2.20. The highest BCUT2D eigenvalue weighted by Crippen LogP contribution is 2.29. The molecule has 0 radical (unpaired) electrons. The normalized spacial score (nSPS) is 11.7. The Morgan fingerprint density at radius 3 is 2.26 bits per heavy atom. The predicted octanol–water partition coefficient (Wildman–Crippen LogP) is 4.01. The van der Waals surface area contributed by atoms with Crippen LogP contribution in [0.25, 0.3) is 0 Å². The minimum absolute atomic E-state index is 0.497. The van der Waals surface area contributed by atoms with Crippen LogP contribution in [0.1, 0.15) is 50.3 Å². The van der Waals surface area contributed by atoms with Crippen LogP contribution in [0.15, 0.2) is 12.1 Å². The van der Waals surface area contributed by atoms with Crippen LogP contribution in [-0.2, 0) is 6.42 Å². The van der Waals surface area contributed by atoms with E-state index in [-0.39, 0.29) is 0 Å². The van der Waals surface area contributed by atoms with Gasteiger partial charge in [0.15, 0.2) is 0 Å². The second-order valence-electron chi connectivity index (χ2n) is 6.00. The molecule has 0 amide bonds. The lowest BCUT2D eigenvalue weighted by atomic mass is 9.95. The number of aryl methyl sites for hydroxylation is 1. The SMILES string of the molecule is COc1cc(C)c(CCN(C)C(C)C)cc1C(C)C. The van der Waals surface area contributed by atoms with Gasteiger partial charge in [-0.15, -0.1) is 0 Å². The van der Waals surface area contributed by atoms with Crippen molar-refractivity contribution in [2.45, 2.75) is 53.0 Å². The van der Waals surface area contributed by atoms with Crippen LogP contribution in [0.2, 0.25) is 0 Å². The zero-order valence-electron chi connectivity index (χ0n) is 13.6. The number of ether oxygens (including phenoxy) is 1. The molecule has 0 spiro atoms. The lowest BCUT2D eigenvalue weighted by molar-refractivity contribution is 0.277. The smallest absolute Gasteiger partial charge is 0.122 e. The summed E-state index contributed by atoms with van der Waals surface area (Å²) in [7, 11) is 3.94. The summed E-state index contributed by atoms with van der Waals surface area (Å²) in [4.78, 5) is 2.39. The molecule has 0 fully saturated rings. The highest BCUT2D eigenvalue weighted by Gasteiger charge is 2.12. The van der Waals surface area contributed by atoms with Crippen molar-refractivity contribution in [1.29, 1.82) is 0 Å². The van der Waals surface area contributed by atoms with Gasteiger partial charge in [0.2, 0.25) is 0 Å². The Kier molecular flexibility index (Phi) is 5.86. The summed E-state index contributed by atoms with van der Waals surface area (Å²) in [5, 5.41) is 0. The van der Waals surface area contributed by atoms with Crippen LogP contribution >= 0.6 is 0 Å². The Morgan fingerprint density at radius 2 is 1.79 bits per heavy atom. The van der Waals surface area contributed by atoms with Crippen molar-refractivity contribution in [3.05, 3.63) is 28.8 Å². The van der Waals surface area contributed by atoms with E-state index in [4.69, 9.17) is 4.74 Å². The van der Waals surface area contributed by atoms with Crippen LogP contribution in [0.5, 0.6) is 5.75 Å². The van der Waals surface area contributed by atoms with Crippen molar-refractivity contribution in [3.63, 3.8) is 0 Å². The quantitative estimate of drug-likeness (QED) is 0.769. The van der Waals surface area contributed by atoms with Crippen molar-refractivity contribution in [3.8, 4) is 5.75 Å². The third-order valence-electron chi connectivity index (χ3n) is 3.93. The van der Waals surface area contributed by atoms with E-state index in [1.807, 2.05) is 0 Å². The van der Waals surface area contributed by atoms with E-state index in [1.54, 1.807) is 7.11 Å². The Balaban J connectivity index is 2.92. The van der Waals surface area contributed by atoms with Crippen molar-refractivity contribution in [1.82, 2.24) is 4.90 Å². The maximum atomic E-state index is 5.50. The second-order valence-corrected chi connectivity index (χ2v) is 6.00. The molecule has 1 rings (SSSR count). The molecule has 0 atom stereocenters. The van der Waals surface area contributed by atoms with Gasteiger partial charge < -0.3 is 9.64 Å². The number of likely N-dealkylation sites (N-methyl/N-ethyl adjacent to an activating group) is 1. The standard InChI is InChI=1S/C17H29NO/c1-12(2)16-11-15(8-9-18(6)13(3)4)14(5)10-17(16)19-7/h10-13H,8-9H2,1-7H3. The lowest BCUT2D eigenvalue weighted by Gasteiger charge is -2.22. The highest BCUT2D eigenvalue weighted by atomic mass is 16.5. The Labute approximate surface area is 118 Å². The number of nitrogens with zero attached hydrogens (tertiary/aromatic N) is 1.